The smallest absolute Gasteiger partial charge is 0.338 e. The van der Waals surface area contributed by atoms with Crippen LogP contribution in [0.1, 0.15) is 58.8 Å². The van der Waals surface area contributed by atoms with Gasteiger partial charge in [0.2, 0.25) is 0 Å². The highest BCUT2D eigenvalue weighted by Gasteiger charge is 2.60. The fraction of sp³-hybridized carbons (Fsp3) is 0.762. The van der Waals surface area contributed by atoms with E-state index in [2.05, 4.69) is 10.6 Å². The first kappa shape index (κ1) is 20.5. The first-order chi connectivity index (χ1) is 13.8. The average molecular weight is 425 g/mol. The molecule has 0 spiro atoms. The van der Waals surface area contributed by atoms with E-state index in [1.165, 1.54) is 0 Å². The van der Waals surface area contributed by atoms with Crippen molar-refractivity contribution in [1.29, 1.82) is 0 Å². The molecule has 160 valence electrons. The zero-order valence-corrected chi connectivity index (χ0v) is 17.8. The van der Waals surface area contributed by atoms with Gasteiger partial charge in [0, 0.05) is 4.87 Å². The first-order valence-electron chi connectivity index (χ1n) is 10.6. The number of nitrogens with one attached hydrogen (secondary N) is 2. The number of hydrogen-bond donors (Lipinski definition) is 2. The predicted octanol–water partition coefficient (Wildman–Crippen LogP) is 3.02. The summed E-state index contributed by atoms with van der Waals surface area (Å²) in [4.78, 5) is 37.4. The third kappa shape index (κ3) is 3.74. The monoisotopic (exact) mass is 424 g/mol. The standard InChI is InChI=1S/C21H29ClN2O5/c1-3-14-16(17(25)28-4-2)15(24-19(27)23-14)10-29-18(26)20-6-12-5-13(7-20)9-21(22,8-12)11-20/h12-14H,3-11H2,1-2H3,(H2,23,24,27)/t12-,13+,14-,20?,21?/m0/s1. The van der Waals surface area contributed by atoms with Gasteiger partial charge in [0.1, 0.15) is 6.61 Å². The van der Waals surface area contributed by atoms with Crippen LogP contribution in [0.25, 0.3) is 0 Å². The summed E-state index contributed by atoms with van der Waals surface area (Å²) in [6.07, 6.45) is 5.96. The maximum atomic E-state index is 13.2. The van der Waals surface area contributed by atoms with Crippen molar-refractivity contribution in [1.82, 2.24) is 10.6 Å². The van der Waals surface area contributed by atoms with E-state index in [1.54, 1.807) is 6.92 Å². The second kappa shape index (κ2) is 7.49. The molecule has 4 bridgehead atoms. The number of carbonyl (C=O) groups is 3. The molecular formula is C21H29ClN2O5. The molecule has 2 amide bonds. The first-order valence-corrected chi connectivity index (χ1v) is 11.0. The Balaban J connectivity index is 1.52. The third-order valence-electron chi connectivity index (χ3n) is 6.92. The second-order valence-corrected chi connectivity index (χ2v) is 9.94. The van der Waals surface area contributed by atoms with E-state index >= 15 is 0 Å². The molecule has 1 aliphatic heterocycles. The van der Waals surface area contributed by atoms with Crippen LogP contribution >= 0.6 is 11.6 Å². The molecule has 8 heteroatoms. The number of alkyl halides is 1. The van der Waals surface area contributed by atoms with E-state index in [4.69, 9.17) is 21.1 Å². The Hall–Kier alpha value is -1.76. The van der Waals surface area contributed by atoms with Crippen molar-refractivity contribution >= 4 is 29.6 Å². The Labute approximate surface area is 175 Å². The number of halogens is 1. The maximum Gasteiger partial charge on any atom is 0.338 e. The normalized spacial score (nSPS) is 37.8. The summed E-state index contributed by atoms with van der Waals surface area (Å²) >= 11 is 6.83. The predicted molar refractivity (Wildman–Crippen MR) is 106 cm³/mol. The van der Waals surface area contributed by atoms with Crippen LogP contribution in [0, 0.1) is 17.3 Å². The van der Waals surface area contributed by atoms with Crippen LogP contribution in [0.15, 0.2) is 11.3 Å². The molecule has 0 aromatic carbocycles. The van der Waals surface area contributed by atoms with Gasteiger partial charge in [-0.25, -0.2) is 9.59 Å². The van der Waals surface area contributed by atoms with E-state index in [0.29, 0.717) is 35.9 Å². The van der Waals surface area contributed by atoms with Gasteiger partial charge in [-0.2, -0.15) is 0 Å². The van der Waals surface area contributed by atoms with Gasteiger partial charge >= 0.3 is 18.0 Å². The lowest BCUT2D eigenvalue weighted by Crippen LogP contribution is -2.56. The zero-order chi connectivity index (χ0) is 20.8. The molecule has 0 aromatic heterocycles. The van der Waals surface area contributed by atoms with E-state index < -0.39 is 23.5 Å². The highest BCUT2D eigenvalue weighted by atomic mass is 35.5. The number of hydrogen-bond acceptors (Lipinski definition) is 5. The van der Waals surface area contributed by atoms with E-state index in [-0.39, 0.29) is 24.1 Å². The molecule has 0 saturated heterocycles. The maximum absolute atomic E-state index is 13.2. The lowest BCUT2D eigenvalue weighted by atomic mass is 9.49. The second-order valence-electron chi connectivity index (χ2n) is 9.14. The molecular weight excluding hydrogens is 396 g/mol. The Morgan fingerprint density at radius 3 is 2.41 bits per heavy atom. The number of amides is 2. The highest BCUT2D eigenvalue weighted by Crippen LogP contribution is 2.64. The SMILES string of the molecule is CCOC(=O)C1=C(COC(=O)C23C[C@@H]4C[C@@H](CC(Cl)(C4)C2)C3)NC(=O)N[C@H]1CC. The summed E-state index contributed by atoms with van der Waals surface area (Å²) in [5.74, 6) is 0.206. The summed E-state index contributed by atoms with van der Waals surface area (Å²) < 4.78 is 10.9. The van der Waals surface area contributed by atoms with Crippen LogP contribution in [0.2, 0.25) is 0 Å². The summed E-state index contributed by atoms with van der Waals surface area (Å²) in [5, 5.41) is 5.35. The minimum absolute atomic E-state index is 0.150. The fourth-order valence-electron chi connectivity index (χ4n) is 6.26. The van der Waals surface area contributed by atoms with Crippen molar-refractivity contribution < 1.29 is 23.9 Å². The van der Waals surface area contributed by atoms with Crippen molar-refractivity contribution in [2.75, 3.05) is 13.2 Å². The highest BCUT2D eigenvalue weighted by molar-refractivity contribution is 6.24. The van der Waals surface area contributed by atoms with Gasteiger partial charge in [0.05, 0.1) is 29.3 Å². The molecule has 4 fully saturated rings. The minimum Gasteiger partial charge on any atom is -0.463 e. The molecule has 0 radical (unpaired) electrons. The van der Waals surface area contributed by atoms with E-state index in [1.807, 2.05) is 6.92 Å². The number of esters is 2. The third-order valence-corrected chi connectivity index (χ3v) is 7.36. The van der Waals surface area contributed by atoms with Gasteiger partial charge in [-0.3, -0.25) is 4.79 Å². The number of urea groups is 1. The summed E-state index contributed by atoms with van der Waals surface area (Å²) in [7, 11) is 0. The minimum atomic E-state index is -0.530. The topological polar surface area (TPSA) is 93.7 Å². The van der Waals surface area contributed by atoms with Gasteiger partial charge < -0.3 is 20.1 Å². The largest absolute Gasteiger partial charge is 0.463 e. The van der Waals surface area contributed by atoms with Crippen molar-refractivity contribution in [3.8, 4) is 0 Å². The summed E-state index contributed by atoms with van der Waals surface area (Å²) in [6.45, 7) is 3.67. The molecule has 0 aromatic rings. The van der Waals surface area contributed by atoms with Crippen molar-refractivity contribution in [2.45, 2.75) is 69.7 Å². The van der Waals surface area contributed by atoms with Gasteiger partial charge in [0.25, 0.3) is 0 Å². The number of ether oxygens (including phenoxy) is 2. The van der Waals surface area contributed by atoms with Crippen molar-refractivity contribution in [3.05, 3.63) is 11.3 Å². The lowest BCUT2D eigenvalue weighted by Gasteiger charge is -2.58. The Morgan fingerprint density at radius 2 is 1.83 bits per heavy atom. The molecule has 2 unspecified atom stereocenters. The average Bonchev–Trinajstić information content (AvgIpc) is 2.63. The number of carbonyl (C=O) groups excluding carboxylic acids is 3. The Kier molecular flexibility index (Phi) is 5.30. The van der Waals surface area contributed by atoms with Crippen molar-refractivity contribution in [3.63, 3.8) is 0 Å². The van der Waals surface area contributed by atoms with Crippen LogP contribution in [0.5, 0.6) is 0 Å². The van der Waals surface area contributed by atoms with Crippen LogP contribution in [-0.2, 0) is 19.1 Å². The Morgan fingerprint density at radius 1 is 1.14 bits per heavy atom. The van der Waals surface area contributed by atoms with Gasteiger partial charge in [-0.05, 0) is 63.7 Å². The molecule has 5 aliphatic rings. The molecule has 5 atom stereocenters. The molecule has 1 heterocycles. The Bertz CT molecular complexity index is 750. The zero-order valence-electron chi connectivity index (χ0n) is 17.0. The quantitative estimate of drug-likeness (QED) is 0.505. The van der Waals surface area contributed by atoms with E-state index in [0.717, 1.165) is 32.1 Å². The van der Waals surface area contributed by atoms with Gasteiger partial charge in [-0.15, -0.1) is 11.6 Å². The fourth-order valence-corrected chi connectivity index (χ4v) is 6.95. The van der Waals surface area contributed by atoms with Crippen molar-refractivity contribution in [2.24, 2.45) is 17.3 Å². The molecule has 4 saturated carbocycles. The van der Waals surface area contributed by atoms with E-state index in [9.17, 15) is 14.4 Å². The molecule has 4 aliphatic carbocycles. The summed E-state index contributed by atoms with van der Waals surface area (Å²) in [5.41, 5.74) is 0.0937. The van der Waals surface area contributed by atoms with Crippen LogP contribution in [-0.4, -0.2) is 42.1 Å². The lowest BCUT2D eigenvalue weighted by molar-refractivity contribution is -0.169. The number of rotatable bonds is 6. The summed E-state index contributed by atoms with van der Waals surface area (Å²) in [6, 6.07) is -0.882. The molecule has 2 N–H and O–H groups in total. The van der Waals surface area contributed by atoms with Gasteiger partial charge in [0.15, 0.2) is 0 Å². The molecule has 29 heavy (non-hydrogen) atoms. The van der Waals surface area contributed by atoms with Gasteiger partial charge in [-0.1, -0.05) is 6.92 Å². The molecule has 7 nitrogen and oxygen atoms in total. The van der Waals surface area contributed by atoms with Crippen LogP contribution in [0.4, 0.5) is 4.79 Å². The molecule has 5 rings (SSSR count). The van der Waals surface area contributed by atoms with Crippen LogP contribution in [0.3, 0.4) is 0 Å². The van der Waals surface area contributed by atoms with Crippen LogP contribution < -0.4 is 10.6 Å².